The molecule has 3 nitrogen and oxygen atoms in total. The summed E-state index contributed by atoms with van der Waals surface area (Å²) in [5.41, 5.74) is -0.0123. The molecule has 0 aliphatic rings. The van der Waals surface area contributed by atoms with Crippen molar-refractivity contribution >= 4 is 11.8 Å². The minimum absolute atomic E-state index is 0.0123. The van der Waals surface area contributed by atoms with E-state index in [1.54, 1.807) is 17.0 Å². The molecule has 0 unspecified atom stereocenters. The van der Waals surface area contributed by atoms with Crippen molar-refractivity contribution in [2.75, 3.05) is 11.5 Å². The Morgan fingerprint density at radius 2 is 2.55 bits per heavy atom. The minimum atomic E-state index is -0.0123. The van der Waals surface area contributed by atoms with Crippen molar-refractivity contribution in [1.29, 1.82) is 0 Å². The third-order valence-corrected chi connectivity index (χ3v) is 2.28. The second-order valence-electron chi connectivity index (χ2n) is 2.16. The van der Waals surface area contributed by atoms with Crippen LogP contribution in [0.3, 0.4) is 0 Å². The van der Waals surface area contributed by atoms with E-state index in [0.717, 1.165) is 18.1 Å². The molecule has 1 N–H and O–H groups in total. The zero-order valence-corrected chi connectivity index (χ0v) is 7.36. The summed E-state index contributed by atoms with van der Waals surface area (Å²) in [5, 5.41) is 0. The third kappa shape index (κ3) is 2.46. The number of thioether (sulfide) groups is 1. The smallest absolute Gasteiger partial charge is 0.313 e. The molecule has 0 spiro atoms. The van der Waals surface area contributed by atoms with Crippen LogP contribution in [0.5, 0.6) is 0 Å². The maximum absolute atomic E-state index is 10.9. The lowest BCUT2D eigenvalue weighted by Gasteiger charge is -1.97. The van der Waals surface area contributed by atoms with E-state index in [1.807, 2.05) is 11.8 Å². The number of H-pyrrole nitrogens is 1. The monoisotopic (exact) mass is 172 g/mol. The van der Waals surface area contributed by atoms with E-state index in [2.05, 4.69) is 11.9 Å². The summed E-state index contributed by atoms with van der Waals surface area (Å²) in [5.74, 6) is 2.12. The van der Waals surface area contributed by atoms with Crippen molar-refractivity contribution in [3.05, 3.63) is 22.9 Å². The maximum atomic E-state index is 10.9. The largest absolute Gasteiger partial charge is 0.325 e. The number of nitrogens with one attached hydrogen (secondary N) is 1. The Bertz CT molecular complexity index is 253. The highest BCUT2D eigenvalue weighted by Crippen LogP contribution is 1.97. The van der Waals surface area contributed by atoms with Crippen molar-refractivity contribution < 1.29 is 0 Å². The zero-order chi connectivity index (χ0) is 8.10. The fourth-order valence-corrected chi connectivity index (χ4v) is 1.45. The van der Waals surface area contributed by atoms with Gasteiger partial charge in [0, 0.05) is 24.7 Å². The molecule has 0 saturated carbocycles. The van der Waals surface area contributed by atoms with Crippen molar-refractivity contribution in [2.24, 2.45) is 0 Å². The van der Waals surface area contributed by atoms with Gasteiger partial charge in [0.1, 0.15) is 0 Å². The summed E-state index contributed by atoms with van der Waals surface area (Å²) in [7, 11) is 0. The van der Waals surface area contributed by atoms with Gasteiger partial charge in [0.05, 0.1) is 0 Å². The van der Waals surface area contributed by atoms with E-state index < -0.39 is 0 Å². The van der Waals surface area contributed by atoms with Gasteiger partial charge in [-0.25, -0.2) is 4.79 Å². The fourth-order valence-electron chi connectivity index (χ4n) is 0.832. The Morgan fingerprint density at radius 1 is 1.73 bits per heavy atom. The van der Waals surface area contributed by atoms with Gasteiger partial charge < -0.3 is 4.98 Å². The standard InChI is InChI=1S/C7H12N2OS/c1-2-11-6-5-9-4-3-8-7(9)10/h3-4H,2,5-6H2,1H3,(H,8,10). The van der Waals surface area contributed by atoms with E-state index >= 15 is 0 Å². The van der Waals surface area contributed by atoms with Crippen LogP contribution in [0.25, 0.3) is 0 Å². The molecule has 0 aliphatic carbocycles. The van der Waals surface area contributed by atoms with Crippen LogP contribution in [0, 0.1) is 0 Å². The van der Waals surface area contributed by atoms with Gasteiger partial charge in [-0.3, -0.25) is 4.57 Å². The van der Waals surface area contributed by atoms with E-state index in [1.165, 1.54) is 0 Å². The second kappa shape index (κ2) is 4.28. The third-order valence-electron chi connectivity index (χ3n) is 1.40. The van der Waals surface area contributed by atoms with E-state index in [9.17, 15) is 4.79 Å². The molecule has 0 fully saturated rings. The van der Waals surface area contributed by atoms with Crippen LogP contribution >= 0.6 is 11.8 Å². The molecule has 4 heteroatoms. The highest BCUT2D eigenvalue weighted by atomic mass is 32.2. The molecule has 1 heterocycles. The molecule has 0 bridgehead atoms. The first kappa shape index (κ1) is 8.46. The first-order valence-corrected chi connectivity index (χ1v) is 4.81. The lowest BCUT2D eigenvalue weighted by Crippen LogP contribution is -2.17. The van der Waals surface area contributed by atoms with Crippen LogP contribution in [0.1, 0.15) is 6.92 Å². The number of imidazole rings is 1. The van der Waals surface area contributed by atoms with Gasteiger partial charge in [0.15, 0.2) is 0 Å². The predicted octanol–water partition coefficient (Wildman–Crippen LogP) is 0.929. The van der Waals surface area contributed by atoms with Crippen LogP contribution in [0.15, 0.2) is 17.2 Å². The second-order valence-corrected chi connectivity index (χ2v) is 3.55. The van der Waals surface area contributed by atoms with Gasteiger partial charge >= 0.3 is 5.69 Å². The lowest BCUT2D eigenvalue weighted by molar-refractivity contribution is 0.738. The predicted molar refractivity (Wildman–Crippen MR) is 48.1 cm³/mol. The van der Waals surface area contributed by atoms with Crippen LogP contribution in [-0.2, 0) is 6.54 Å². The summed E-state index contributed by atoms with van der Waals surface area (Å²) in [4.78, 5) is 13.5. The SMILES string of the molecule is CCSCCn1cc[nH]c1=O. The van der Waals surface area contributed by atoms with E-state index in [4.69, 9.17) is 0 Å². The normalized spacial score (nSPS) is 10.3. The van der Waals surface area contributed by atoms with Gasteiger partial charge in [-0.2, -0.15) is 11.8 Å². The van der Waals surface area contributed by atoms with E-state index in [0.29, 0.717) is 0 Å². The highest BCUT2D eigenvalue weighted by molar-refractivity contribution is 7.99. The molecule has 1 aromatic heterocycles. The summed E-state index contributed by atoms with van der Waals surface area (Å²) in [6.45, 7) is 2.92. The summed E-state index contributed by atoms with van der Waals surface area (Å²) in [6.07, 6.45) is 3.44. The first-order chi connectivity index (χ1) is 5.34. The fraction of sp³-hybridized carbons (Fsp3) is 0.571. The molecule has 0 saturated heterocycles. The maximum Gasteiger partial charge on any atom is 0.325 e. The number of aromatic amines is 1. The Labute approximate surface area is 69.8 Å². The molecule has 1 rings (SSSR count). The lowest BCUT2D eigenvalue weighted by atomic mass is 10.7. The van der Waals surface area contributed by atoms with Gasteiger partial charge in [-0.1, -0.05) is 6.92 Å². The van der Waals surface area contributed by atoms with Crippen LogP contribution in [-0.4, -0.2) is 21.1 Å². The molecule has 0 atom stereocenters. The molecule has 0 aliphatic heterocycles. The average molecular weight is 172 g/mol. The highest BCUT2D eigenvalue weighted by Gasteiger charge is 1.93. The molecular weight excluding hydrogens is 160 g/mol. The number of aromatic nitrogens is 2. The molecule has 0 amide bonds. The number of rotatable bonds is 4. The van der Waals surface area contributed by atoms with Crippen molar-refractivity contribution in [3.63, 3.8) is 0 Å². The molecular formula is C7H12N2OS. The van der Waals surface area contributed by atoms with Gasteiger partial charge in [-0.05, 0) is 5.75 Å². The average Bonchev–Trinajstić information content (AvgIpc) is 2.37. The summed E-state index contributed by atoms with van der Waals surface area (Å²) < 4.78 is 1.68. The molecule has 1 aromatic rings. The van der Waals surface area contributed by atoms with Gasteiger partial charge in [-0.15, -0.1) is 0 Å². The number of hydrogen-bond acceptors (Lipinski definition) is 2. The van der Waals surface area contributed by atoms with Gasteiger partial charge in [0.25, 0.3) is 0 Å². The summed E-state index contributed by atoms with van der Waals surface area (Å²) >= 11 is 1.84. The molecule has 0 radical (unpaired) electrons. The van der Waals surface area contributed by atoms with Crippen LogP contribution < -0.4 is 5.69 Å². The molecule has 11 heavy (non-hydrogen) atoms. The minimum Gasteiger partial charge on any atom is -0.313 e. The summed E-state index contributed by atoms with van der Waals surface area (Å²) in [6, 6.07) is 0. The molecule has 62 valence electrons. The molecule has 0 aromatic carbocycles. The van der Waals surface area contributed by atoms with Crippen molar-refractivity contribution in [1.82, 2.24) is 9.55 Å². The number of hydrogen-bond donors (Lipinski definition) is 1. The van der Waals surface area contributed by atoms with Crippen LogP contribution in [0.4, 0.5) is 0 Å². The Hall–Kier alpha value is -0.640. The van der Waals surface area contributed by atoms with Crippen LogP contribution in [0.2, 0.25) is 0 Å². The quantitative estimate of drug-likeness (QED) is 0.686. The van der Waals surface area contributed by atoms with Crippen molar-refractivity contribution in [2.45, 2.75) is 13.5 Å². The van der Waals surface area contributed by atoms with Crippen molar-refractivity contribution in [3.8, 4) is 0 Å². The zero-order valence-electron chi connectivity index (χ0n) is 6.54. The van der Waals surface area contributed by atoms with Gasteiger partial charge in [0.2, 0.25) is 0 Å². The Balaban J connectivity index is 2.39. The van der Waals surface area contributed by atoms with E-state index in [-0.39, 0.29) is 5.69 Å². The Kier molecular flexibility index (Phi) is 3.29. The Morgan fingerprint density at radius 3 is 3.09 bits per heavy atom. The first-order valence-electron chi connectivity index (χ1n) is 3.66. The number of aryl methyl sites for hydroxylation is 1. The number of nitrogens with zero attached hydrogens (tertiary/aromatic N) is 1. The topological polar surface area (TPSA) is 37.8 Å².